The zero-order chi connectivity index (χ0) is 12.0. The van der Waals surface area contributed by atoms with Crippen LogP contribution in [0.2, 0.25) is 0 Å². The third kappa shape index (κ3) is 4.76. The molecule has 0 saturated carbocycles. The highest BCUT2D eigenvalue weighted by molar-refractivity contribution is 14.1. The second kappa shape index (κ2) is 7.19. The van der Waals surface area contributed by atoms with Crippen molar-refractivity contribution >= 4 is 22.6 Å². The Morgan fingerprint density at radius 1 is 1.44 bits per heavy atom. The van der Waals surface area contributed by atoms with E-state index in [2.05, 4.69) is 46.8 Å². The van der Waals surface area contributed by atoms with Gasteiger partial charge in [0.25, 0.3) is 0 Å². The summed E-state index contributed by atoms with van der Waals surface area (Å²) < 4.78 is 13.9. The fourth-order valence-corrected chi connectivity index (χ4v) is 2.11. The van der Waals surface area contributed by atoms with Crippen molar-refractivity contribution in [2.24, 2.45) is 0 Å². The van der Waals surface area contributed by atoms with Crippen LogP contribution in [0.3, 0.4) is 0 Å². The van der Waals surface area contributed by atoms with E-state index >= 15 is 0 Å². The van der Waals surface area contributed by atoms with Crippen molar-refractivity contribution in [1.29, 1.82) is 0 Å². The summed E-state index contributed by atoms with van der Waals surface area (Å²) in [4.78, 5) is 2.23. The molecule has 0 heterocycles. The summed E-state index contributed by atoms with van der Waals surface area (Å²) in [6.45, 7) is 5.96. The Balaban J connectivity index is 2.46. The number of halogens is 2. The molecule has 0 atom stereocenters. The molecule has 0 radical (unpaired) electrons. The summed E-state index contributed by atoms with van der Waals surface area (Å²) in [5.74, 6) is -0.163. The van der Waals surface area contributed by atoms with Crippen LogP contribution in [0.15, 0.2) is 18.2 Å². The number of likely N-dealkylation sites (N-methyl/N-ethyl adjacent to an activating group) is 2. The average Bonchev–Trinajstić information content (AvgIpc) is 2.23. The third-order valence-corrected chi connectivity index (χ3v) is 3.38. The Kier molecular flexibility index (Phi) is 6.23. The SMILES string of the molecule is CCNCCN(C)Cc1ccc(F)cc1I. The highest BCUT2D eigenvalue weighted by Crippen LogP contribution is 2.15. The van der Waals surface area contributed by atoms with Gasteiger partial charge in [-0.15, -0.1) is 0 Å². The first-order valence-corrected chi connectivity index (χ1v) is 6.54. The Bertz CT molecular complexity index is 331. The first-order chi connectivity index (χ1) is 7.63. The molecule has 0 amide bonds. The van der Waals surface area contributed by atoms with E-state index in [0.29, 0.717) is 0 Å². The van der Waals surface area contributed by atoms with Gasteiger partial charge in [0.15, 0.2) is 0 Å². The summed E-state index contributed by atoms with van der Waals surface area (Å²) >= 11 is 2.18. The molecular weight excluding hydrogens is 318 g/mol. The van der Waals surface area contributed by atoms with Crippen LogP contribution >= 0.6 is 22.6 Å². The van der Waals surface area contributed by atoms with E-state index in [1.54, 1.807) is 6.07 Å². The van der Waals surface area contributed by atoms with E-state index in [0.717, 1.165) is 29.7 Å². The van der Waals surface area contributed by atoms with Crippen LogP contribution in [0.25, 0.3) is 0 Å². The molecule has 0 aliphatic heterocycles. The van der Waals surface area contributed by atoms with Crippen LogP contribution in [-0.4, -0.2) is 31.6 Å². The molecule has 1 aromatic carbocycles. The number of benzene rings is 1. The van der Waals surface area contributed by atoms with Crippen molar-refractivity contribution in [2.75, 3.05) is 26.7 Å². The van der Waals surface area contributed by atoms with E-state index in [9.17, 15) is 4.39 Å². The smallest absolute Gasteiger partial charge is 0.124 e. The Hall–Kier alpha value is -0.200. The molecule has 0 spiro atoms. The fourth-order valence-electron chi connectivity index (χ4n) is 1.47. The molecule has 90 valence electrons. The minimum Gasteiger partial charge on any atom is -0.316 e. The van der Waals surface area contributed by atoms with Gasteiger partial charge in [0.05, 0.1) is 0 Å². The van der Waals surface area contributed by atoms with Gasteiger partial charge in [-0.3, -0.25) is 0 Å². The molecule has 0 saturated heterocycles. The van der Waals surface area contributed by atoms with E-state index in [1.165, 1.54) is 11.6 Å². The van der Waals surface area contributed by atoms with E-state index < -0.39 is 0 Å². The molecule has 1 aromatic rings. The lowest BCUT2D eigenvalue weighted by Gasteiger charge is -2.17. The van der Waals surface area contributed by atoms with Crippen molar-refractivity contribution in [3.63, 3.8) is 0 Å². The van der Waals surface area contributed by atoms with E-state index in [4.69, 9.17) is 0 Å². The fraction of sp³-hybridized carbons (Fsp3) is 0.500. The van der Waals surface area contributed by atoms with Gasteiger partial charge in [0.2, 0.25) is 0 Å². The summed E-state index contributed by atoms with van der Waals surface area (Å²) in [7, 11) is 2.08. The number of hydrogen-bond donors (Lipinski definition) is 1. The summed E-state index contributed by atoms with van der Waals surface area (Å²) in [6.07, 6.45) is 0. The van der Waals surface area contributed by atoms with Crippen molar-refractivity contribution in [1.82, 2.24) is 10.2 Å². The lowest BCUT2D eigenvalue weighted by molar-refractivity contribution is 0.325. The topological polar surface area (TPSA) is 15.3 Å². The highest BCUT2D eigenvalue weighted by atomic mass is 127. The second-order valence-corrected chi connectivity index (χ2v) is 4.99. The Morgan fingerprint density at radius 3 is 2.81 bits per heavy atom. The summed E-state index contributed by atoms with van der Waals surface area (Å²) in [6, 6.07) is 4.96. The van der Waals surface area contributed by atoms with Crippen LogP contribution < -0.4 is 5.32 Å². The van der Waals surface area contributed by atoms with Gasteiger partial charge >= 0.3 is 0 Å². The maximum Gasteiger partial charge on any atom is 0.124 e. The van der Waals surface area contributed by atoms with Gasteiger partial charge in [-0.2, -0.15) is 0 Å². The number of hydrogen-bond acceptors (Lipinski definition) is 2. The number of nitrogens with zero attached hydrogens (tertiary/aromatic N) is 1. The molecule has 0 unspecified atom stereocenters. The summed E-state index contributed by atoms with van der Waals surface area (Å²) in [5.41, 5.74) is 1.18. The normalized spacial score (nSPS) is 11.1. The molecular formula is C12H18FIN2. The first kappa shape index (κ1) is 13.9. The third-order valence-electron chi connectivity index (χ3n) is 2.38. The van der Waals surface area contributed by atoms with Gasteiger partial charge in [-0.1, -0.05) is 13.0 Å². The van der Waals surface area contributed by atoms with Crippen LogP contribution in [0.4, 0.5) is 4.39 Å². The highest BCUT2D eigenvalue weighted by Gasteiger charge is 2.04. The maximum atomic E-state index is 12.9. The Morgan fingerprint density at radius 2 is 2.19 bits per heavy atom. The largest absolute Gasteiger partial charge is 0.316 e. The van der Waals surface area contributed by atoms with E-state index in [1.807, 2.05) is 6.07 Å². The monoisotopic (exact) mass is 336 g/mol. The molecule has 2 nitrogen and oxygen atoms in total. The molecule has 0 bridgehead atoms. The van der Waals surface area contributed by atoms with Gasteiger partial charge in [0.1, 0.15) is 5.82 Å². The van der Waals surface area contributed by atoms with Crippen LogP contribution in [0.1, 0.15) is 12.5 Å². The summed E-state index contributed by atoms with van der Waals surface area (Å²) in [5, 5.41) is 3.29. The lowest BCUT2D eigenvalue weighted by atomic mass is 10.2. The van der Waals surface area contributed by atoms with Crippen LogP contribution in [0.5, 0.6) is 0 Å². The average molecular weight is 336 g/mol. The minimum absolute atomic E-state index is 0.163. The molecule has 0 fully saturated rings. The van der Waals surface area contributed by atoms with Crippen LogP contribution in [-0.2, 0) is 6.54 Å². The van der Waals surface area contributed by atoms with Gasteiger partial charge in [-0.05, 0) is 53.9 Å². The van der Waals surface area contributed by atoms with Crippen LogP contribution in [0, 0.1) is 9.39 Å². The molecule has 0 aromatic heterocycles. The molecule has 16 heavy (non-hydrogen) atoms. The van der Waals surface area contributed by atoms with Gasteiger partial charge < -0.3 is 10.2 Å². The zero-order valence-electron chi connectivity index (χ0n) is 9.76. The predicted molar refractivity (Wildman–Crippen MR) is 74.0 cm³/mol. The van der Waals surface area contributed by atoms with Crippen molar-refractivity contribution in [3.05, 3.63) is 33.1 Å². The minimum atomic E-state index is -0.163. The van der Waals surface area contributed by atoms with Crippen molar-refractivity contribution in [3.8, 4) is 0 Å². The quantitative estimate of drug-likeness (QED) is 0.634. The van der Waals surface area contributed by atoms with Gasteiger partial charge in [-0.25, -0.2) is 4.39 Å². The molecule has 0 aliphatic carbocycles. The van der Waals surface area contributed by atoms with E-state index in [-0.39, 0.29) is 5.82 Å². The van der Waals surface area contributed by atoms with Crippen molar-refractivity contribution in [2.45, 2.75) is 13.5 Å². The molecule has 1 rings (SSSR count). The first-order valence-electron chi connectivity index (χ1n) is 5.46. The zero-order valence-corrected chi connectivity index (χ0v) is 11.9. The number of rotatable bonds is 6. The predicted octanol–water partition coefficient (Wildman–Crippen LogP) is 2.47. The molecule has 0 aliphatic rings. The van der Waals surface area contributed by atoms with Gasteiger partial charge in [0, 0.05) is 23.2 Å². The second-order valence-electron chi connectivity index (χ2n) is 3.83. The number of nitrogens with one attached hydrogen (secondary N) is 1. The lowest BCUT2D eigenvalue weighted by Crippen LogP contribution is -2.29. The molecule has 4 heteroatoms. The molecule has 1 N–H and O–H groups in total. The van der Waals surface area contributed by atoms with Crippen molar-refractivity contribution < 1.29 is 4.39 Å². The Labute approximate surface area is 110 Å². The maximum absolute atomic E-state index is 12.9. The standard InChI is InChI=1S/C12H18FIN2/c1-3-15-6-7-16(2)9-10-4-5-11(13)8-12(10)14/h4-5,8,15H,3,6-7,9H2,1-2H3.